The normalized spacial score (nSPS) is 16.6. The molecule has 1 aliphatic heterocycles. The van der Waals surface area contributed by atoms with Crippen molar-refractivity contribution in [3.8, 4) is 0 Å². The average Bonchev–Trinajstić information content (AvgIpc) is 2.76. The number of benzene rings is 2. The number of likely N-dealkylation sites (tertiary alicyclic amines) is 1. The van der Waals surface area contributed by atoms with Crippen molar-refractivity contribution in [2.75, 3.05) is 18.4 Å². The largest absolute Gasteiger partial charge is 0.338 e. The minimum atomic E-state index is 0.0948. The van der Waals surface area contributed by atoms with E-state index in [1.807, 2.05) is 53.4 Å². The molecule has 0 saturated carbocycles. The number of amides is 1. The van der Waals surface area contributed by atoms with Crippen LogP contribution in [0.1, 0.15) is 40.4 Å². The van der Waals surface area contributed by atoms with Gasteiger partial charge in [0.25, 0.3) is 5.91 Å². The minimum Gasteiger partial charge on any atom is -0.338 e. The number of rotatable bonds is 4. The molecule has 1 aliphatic rings. The lowest BCUT2D eigenvalue weighted by Crippen LogP contribution is -2.39. The summed E-state index contributed by atoms with van der Waals surface area (Å²) < 4.78 is 0. The summed E-state index contributed by atoms with van der Waals surface area (Å²) in [5.74, 6) is 0.910. The van der Waals surface area contributed by atoms with Crippen molar-refractivity contribution in [3.63, 3.8) is 0 Å². The molecule has 0 radical (unpaired) electrons. The van der Waals surface area contributed by atoms with Crippen LogP contribution >= 0.6 is 0 Å². The second-order valence-corrected chi connectivity index (χ2v) is 7.25. The molecule has 0 unspecified atom stereocenters. The fourth-order valence-electron chi connectivity index (χ4n) is 3.59. The standard InChI is InChI=1S/C23H24N4O/c1-17-9-11-20(12-10-17)25-23-24-14-13-21(26-23)19-8-5-15-27(16-19)22(28)18-6-3-2-4-7-18/h2-4,6-7,9-14,19H,5,8,15-16H2,1H3,(H,24,25,26)/t19-/m1/s1. The Balaban J connectivity index is 1.47. The smallest absolute Gasteiger partial charge is 0.253 e. The first kappa shape index (κ1) is 18.2. The van der Waals surface area contributed by atoms with E-state index >= 15 is 0 Å². The number of piperidine rings is 1. The highest BCUT2D eigenvalue weighted by Crippen LogP contribution is 2.27. The summed E-state index contributed by atoms with van der Waals surface area (Å²) in [5, 5.41) is 3.27. The van der Waals surface area contributed by atoms with E-state index in [1.54, 1.807) is 6.20 Å². The van der Waals surface area contributed by atoms with E-state index in [0.29, 0.717) is 12.5 Å². The molecule has 4 rings (SSSR count). The maximum Gasteiger partial charge on any atom is 0.253 e. The topological polar surface area (TPSA) is 58.1 Å². The molecule has 1 atom stereocenters. The molecule has 5 heteroatoms. The predicted octanol–water partition coefficient (Wildman–Crippen LogP) is 4.55. The number of anilines is 2. The van der Waals surface area contributed by atoms with Gasteiger partial charge in [-0.1, -0.05) is 35.9 Å². The fraction of sp³-hybridized carbons (Fsp3) is 0.261. The van der Waals surface area contributed by atoms with Crippen LogP contribution in [-0.2, 0) is 0 Å². The van der Waals surface area contributed by atoms with E-state index in [-0.39, 0.29) is 11.8 Å². The fourth-order valence-corrected chi connectivity index (χ4v) is 3.59. The lowest BCUT2D eigenvalue weighted by atomic mass is 9.94. The molecule has 1 saturated heterocycles. The van der Waals surface area contributed by atoms with Crippen LogP contribution in [0.2, 0.25) is 0 Å². The van der Waals surface area contributed by atoms with Gasteiger partial charge in [-0.05, 0) is 50.1 Å². The van der Waals surface area contributed by atoms with Crippen LogP contribution in [0, 0.1) is 6.92 Å². The van der Waals surface area contributed by atoms with Crippen molar-refractivity contribution >= 4 is 17.5 Å². The highest BCUT2D eigenvalue weighted by Gasteiger charge is 2.26. The molecule has 1 amide bonds. The maximum atomic E-state index is 12.8. The zero-order chi connectivity index (χ0) is 19.3. The number of aromatic nitrogens is 2. The van der Waals surface area contributed by atoms with Gasteiger partial charge in [-0.2, -0.15) is 0 Å². The summed E-state index contributed by atoms with van der Waals surface area (Å²) in [7, 11) is 0. The van der Waals surface area contributed by atoms with E-state index in [0.717, 1.165) is 36.3 Å². The van der Waals surface area contributed by atoms with Crippen LogP contribution in [0.25, 0.3) is 0 Å². The summed E-state index contributed by atoms with van der Waals surface area (Å²) in [4.78, 5) is 23.8. The second-order valence-electron chi connectivity index (χ2n) is 7.25. The first-order chi connectivity index (χ1) is 13.7. The molecule has 2 heterocycles. The molecule has 5 nitrogen and oxygen atoms in total. The average molecular weight is 372 g/mol. The number of carbonyl (C=O) groups is 1. The quantitative estimate of drug-likeness (QED) is 0.730. The zero-order valence-corrected chi connectivity index (χ0v) is 16.0. The molecular weight excluding hydrogens is 348 g/mol. The van der Waals surface area contributed by atoms with Gasteiger partial charge >= 0.3 is 0 Å². The summed E-state index contributed by atoms with van der Waals surface area (Å²) in [5.41, 5.74) is 3.90. The molecule has 2 aromatic carbocycles. The lowest BCUT2D eigenvalue weighted by Gasteiger charge is -2.32. The van der Waals surface area contributed by atoms with Gasteiger partial charge in [-0.3, -0.25) is 4.79 Å². The van der Waals surface area contributed by atoms with Gasteiger partial charge in [0.2, 0.25) is 5.95 Å². The number of hydrogen-bond acceptors (Lipinski definition) is 4. The third kappa shape index (κ3) is 4.19. The number of nitrogens with one attached hydrogen (secondary N) is 1. The van der Waals surface area contributed by atoms with Crippen molar-refractivity contribution in [3.05, 3.63) is 83.7 Å². The molecule has 1 aromatic heterocycles. The third-order valence-corrected chi connectivity index (χ3v) is 5.13. The summed E-state index contributed by atoms with van der Waals surface area (Å²) >= 11 is 0. The van der Waals surface area contributed by atoms with E-state index in [4.69, 9.17) is 4.98 Å². The summed E-state index contributed by atoms with van der Waals surface area (Å²) in [6.45, 7) is 3.55. The predicted molar refractivity (Wildman–Crippen MR) is 111 cm³/mol. The Labute approximate surface area is 165 Å². The van der Waals surface area contributed by atoms with Gasteiger partial charge in [-0.15, -0.1) is 0 Å². The highest BCUT2D eigenvalue weighted by molar-refractivity contribution is 5.94. The van der Waals surface area contributed by atoms with Gasteiger partial charge in [0.05, 0.1) is 5.69 Å². The molecule has 1 N–H and O–H groups in total. The van der Waals surface area contributed by atoms with Crippen LogP contribution in [0.4, 0.5) is 11.6 Å². The SMILES string of the molecule is Cc1ccc(Nc2nccc([C@@H]3CCCN(C(=O)c4ccccc4)C3)n2)cc1. The van der Waals surface area contributed by atoms with Crippen LogP contribution < -0.4 is 5.32 Å². The molecule has 0 aliphatic carbocycles. The Bertz CT molecular complexity index is 940. The molecule has 3 aromatic rings. The summed E-state index contributed by atoms with van der Waals surface area (Å²) in [6.07, 6.45) is 3.80. The Kier molecular flexibility index (Phi) is 5.33. The van der Waals surface area contributed by atoms with Gasteiger partial charge < -0.3 is 10.2 Å². The maximum absolute atomic E-state index is 12.8. The van der Waals surface area contributed by atoms with Crippen LogP contribution in [0.15, 0.2) is 66.9 Å². The first-order valence-electron chi connectivity index (χ1n) is 9.70. The van der Waals surface area contributed by atoms with Crippen molar-refractivity contribution in [1.29, 1.82) is 0 Å². The van der Waals surface area contributed by atoms with Gasteiger partial charge in [-0.25, -0.2) is 9.97 Å². The van der Waals surface area contributed by atoms with E-state index in [2.05, 4.69) is 29.4 Å². The van der Waals surface area contributed by atoms with E-state index in [9.17, 15) is 4.79 Å². The van der Waals surface area contributed by atoms with E-state index < -0.39 is 0 Å². The Morgan fingerprint density at radius 2 is 1.86 bits per heavy atom. The van der Waals surface area contributed by atoms with Crippen molar-refractivity contribution in [2.45, 2.75) is 25.7 Å². The van der Waals surface area contributed by atoms with Gasteiger partial charge in [0, 0.05) is 36.5 Å². The molecule has 0 spiro atoms. The molecule has 142 valence electrons. The lowest BCUT2D eigenvalue weighted by molar-refractivity contribution is 0.0706. The zero-order valence-electron chi connectivity index (χ0n) is 16.0. The highest BCUT2D eigenvalue weighted by atomic mass is 16.2. The monoisotopic (exact) mass is 372 g/mol. The van der Waals surface area contributed by atoms with Gasteiger partial charge in [0.15, 0.2) is 0 Å². The molecule has 1 fully saturated rings. The van der Waals surface area contributed by atoms with Crippen molar-refractivity contribution in [1.82, 2.24) is 14.9 Å². The third-order valence-electron chi connectivity index (χ3n) is 5.13. The molecule has 0 bridgehead atoms. The first-order valence-corrected chi connectivity index (χ1v) is 9.70. The van der Waals surface area contributed by atoms with Crippen molar-refractivity contribution < 1.29 is 4.79 Å². The van der Waals surface area contributed by atoms with Crippen LogP contribution in [0.5, 0.6) is 0 Å². The molecular formula is C23H24N4O. The Morgan fingerprint density at radius 1 is 1.07 bits per heavy atom. The molecule has 28 heavy (non-hydrogen) atoms. The number of hydrogen-bond donors (Lipinski definition) is 1. The summed E-state index contributed by atoms with van der Waals surface area (Å²) in [6, 6.07) is 19.6. The number of carbonyl (C=O) groups excluding carboxylic acids is 1. The minimum absolute atomic E-state index is 0.0948. The van der Waals surface area contributed by atoms with Gasteiger partial charge in [0.1, 0.15) is 0 Å². The Hall–Kier alpha value is -3.21. The number of aryl methyl sites for hydroxylation is 1. The number of nitrogens with zero attached hydrogens (tertiary/aromatic N) is 3. The van der Waals surface area contributed by atoms with Crippen LogP contribution in [0.3, 0.4) is 0 Å². The Morgan fingerprint density at radius 3 is 2.64 bits per heavy atom. The second kappa shape index (κ2) is 8.21. The van der Waals surface area contributed by atoms with Crippen molar-refractivity contribution in [2.24, 2.45) is 0 Å². The van der Waals surface area contributed by atoms with E-state index in [1.165, 1.54) is 5.56 Å². The van der Waals surface area contributed by atoms with Crippen LogP contribution in [-0.4, -0.2) is 33.9 Å².